The van der Waals surface area contributed by atoms with Crippen LogP contribution >= 0.6 is 0 Å². The zero-order valence-corrected chi connectivity index (χ0v) is 6.86. The van der Waals surface area contributed by atoms with Crippen molar-refractivity contribution in [2.45, 2.75) is 37.3 Å². The van der Waals surface area contributed by atoms with E-state index >= 15 is 0 Å². The number of nitrogens with zero attached hydrogens (tertiary/aromatic N) is 1. The topological polar surface area (TPSA) is 43.7 Å². The number of halogens is 1. The number of fused-ring (bicyclic) bond motifs is 1. The van der Waals surface area contributed by atoms with Gasteiger partial charge in [-0.2, -0.15) is 0 Å². The molecular weight excluding hydrogens is 161 g/mol. The van der Waals surface area contributed by atoms with Gasteiger partial charge in [0.05, 0.1) is 12.2 Å². The first-order valence-corrected chi connectivity index (χ1v) is 4.42. The fraction of sp³-hybridized carbons (Fsp3) is 1.00. The average molecular weight is 175 g/mol. The number of piperidine rings is 1. The summed E-state index contributed by atoms with van der Waals surface area (Å²) in [5.41, 5.74) is 0. The van der Waals surface area contributed by atoms with Crippen LogP contribution in [0.5, 0.6) is 0 Å². The molecule has 4 atom stereocenters. The summed E-state index contributed by atoms with van der Waals surface area (Å²) in [6, 6.07) is -0.149. The number of hydrogen-bond donors (Lipinski definition) is 2. The quantitative estimate of drug-likeness (QED) is 0.523. The molecule has 0 radical (unpaired) electrons. The maximum absolute atomic E-state index is 12.9. The lowest BCUT2D eigenvalue weighted by atomic mass is 9.99. The van der Waals surface area contributed by atoms with Gasteiger partial charge in [0.15, 0.2) is 0 Å². The lowest BCUT2D eigenvalue weighted by Gasteiger charge is -2.32. The summed E-state index contributed by atoms with van der Waals surface area (Å²) in [5, 5.41) is 18.8. The first kappa shape index (κ1) is 8.41. The smallest absolute Gasteiger partial charge is 0.103 e. The highest BCUT2D eigenvalue weighted by Gasteiger charge is 2.43. The van der Waals surface area contributed by atoms with Gasteiger partial charge in [-0.25, -0.2) is 4.39 Å². The summed E-state index contributed by atoms with van der Waals surface area (Å²) >= 11 is 0. The molecule has 2 N–H and O–H groups in total. The molecule has 3 nitrogen and oxygen atoms in total. The van der Waals surface area contributed by atoms with Crippen molar-refractivity contribution in [3.05, 3.63) is 0 Å². The first-order valence-electron chi connectivity index (χ1n) is 4.42. The van der Waals surface area contributed by atoms with E-state index in [0.29, 0.717) is 25.9 Å². The zero-order chi connectivity index (χ0) is 8.72. The highest BCUT2D eigenvalue weighted by Crippen LogP contribution is 2.28. The van der Waals surface area contributed by atoms with E-state index < -0.39 is 18.4 Å². The number of alkyl halides is 1. The molecule has 0 aromatic carbocycles. The van der Waals surface area contributed by atoms with Gasteiger partial charge in [0.25, 0.3) is 0 Å². The Balaban J connectivity index is 2.05. The minimum atomic E-state index is -0.800. The van der Waals surface area contributed by atoms with Crippen LogP contribution in [0.1, 0.15) is 12.8 Å². The van der Waals surface area contributed by atoms with Crippen molar-refractivity contribution in [1.82, 2.24) is 4.90 Å². The van der Waals surface area contributed by atoms with E-state index in [1.54, 1.807) is 0 Å². The van der Waals surface area contributed by atoms with Crippen molar-refractivity contribution in [2.24, 2.45) is 0 Å². The van der Waals surface area contributed by atoms with Crippen molar-refractivity contribution < 1.29 is 14.6 Å². The minimum absolute atomic E-state index is 0.149. The molecule has 0 aliphatic carbocycles. The molecular formula is C8H14FNO2. The van der Waals surface area contributed by atoms with Crippen LogP contribution in [0.4, 0.5) is 4.39 Å². The van der Waals surface area contributed by atoms with E-state index in [9.17, 15) is 14.6 Å². The number of hydrogen-bond acceptors (Lipinski definition) is 3. The van der Waals surface area contributed by atoms with Gasteiger partial charge in [0.2, 0.25) is 0 Å². The Morgan fingerprint density at radius 1 is 1.33 bits per heavy atom. The van der Waals surface area contributed by atoms with Crippen LogP contribution in [0.15, 0.2) is 0 Å². The molecule has 2 fully saturated rings. The molecule has 2 saturated heterocycles. The van der Waals surface area contributed by atoms with Gasteiger partial charge in [-0.1, -0.05) is 0 Å². The van der Waals surface area contributed by atoms with Crippen LogP contribution in [0.2, 0.25) is 0 Å². The van der Waals surface area contributed by atoms with Gasteiger partial charge < -0.3 is 10.2 Å². The molecule has 0 amide bonds. The van der Waals surface area contributed by atoms with Crippen LogP contribution < -0.4 is 0 Å². The van der Waals surface area contributed by atoms with Gasteiger partial charge in [-0.05, 0) is 12.8 Å². The summed E-state index contributed by atoms with van der Waals surface area (Å²) < 4.78 is 12.9. The fourth-order valence-corrected chi connectivity index (χ4v) is 2.19. The van der Waals surface area contributed by atoms with Crippen molar-refractivity contribution in [3.63, 3.8) is 0 Å². The Morgan fingerprint density at radius 2 is 2.08 bits per heavy atom. The largest absolute Gasteiger partial charge is 0.389 e. The molecule has 2 heterocycles. The highest BCUT2D eigenvalue weighted by atomic mass is 19.1. The Bertz CT molecular complexity index is 178. The predicted octanol–water partition coefficient (Wildman–Crippen LogP) is -0.476. The third-order valence-corrected chi connectivity index (χ3v) is 2.91. The van der Waals surface area contributed by atoms with E-state index in [-0.39, 0.29) is 6.04 Å². The highest BCUT2D eigenvalue weighted by molar-refractivity contribution is 4.97. The molecule has 0 saturated carbocycles. The maximum Gasteiger partial charge on any atom is 0.103 e. The first-order chi connectivity index (χ1) is 5.68. The van der Waals surface area contributed by atoms with Gasteiger partial charge in [0.1, 0.15) is 6.17 Å². The maximum atomic E-state index is 12.9. The molecule has 2 rings (SSSR count). The minimum Gasteiger partial charge on any atom is -0.389 e. The van der Waals surface area contributed by atoms with Crippen LogP contribution in [0.3, 0.4) is 0 Å². The summed E-state index contributed by atoms with van der Waals surface area (Å²) in [6.45, 7) is 1.17. The zero-order valence-electron chi connectivity index (χ0n) is 6.86. The predicted molar refractivity (Wildman–Crippen MR) is 41.5 cm³/mol. The number of rotatable bonds is 0. The van der Waals surface area contributed by atoms with Gasteiger partial charge in [0, 0.05) is 19.1 Å². The third kappa shape index (κ3) is 1.24. The molecule has 0 aromatic heterocycles. The Labute approximate surface area is 70.8 Å². The molecule has 0 spiro atoms. The summed E-state index contributed by atoms with van der Waals surface area (Å²) in [5.74, 6) is 0. The Kier molecular flexibility index (Phi) is 2.06. The SMILES string of the molecule is O[C@H]1[C@H](O)CN2CC[C@@H](F)C[C@H]12. The molecule has 70 valence electrons. The van der Waals surface area contributed by atoms with Crippen molar-refractivity contribution in [3.8, 4) is 0 Å². The Morgan fingerprint density at radius 3 is 2.83 bits per heavy atom. The molecule has 2 aliphatic rings. The van der Waals surface area contributed by atoms with E-state index in [4.69, 9.17) is 0 Å². The van der Waals surface area contributed by atoms with E-state index in [1.165, 1.54) is 0 Å². The van der Waals surface area contributed by atoms with Crippen LogP contribution in [0, 0.1) is 0 Å². The lowest BCUT2D eigenvalue weighted by molar-refractivity contribution is 0.0205. The molecule has 0 aromatic rings. The molecule has 0 bridgehead atoms. The lowest BCUT2D eigenvalue weighted by Crippen LogP contribution is -2.43. The van der Waals surface area contributed by atoms with Gasteiger partial charge in [-0.3, -0.25) is 4.90 Å². The van der Waals surface area contributed by atoms with Crippen LogP contribution in [-0.4, -0.2) is 52.6 Å². The normalized spacial score (nSPS) is 49.2. The van der Waals surface area contributed by atoms with Crippen LogP contribution in [-0.2, 0) is 0 Å². The monoisotopic (exact) mass is 175 g/mol. The second-order valence-electron chi connectivity index (χ2n) is 3.74. The van der Waals surface area contributed by atoms with E-state index in [1.807, 2.05) is 4.90 Å². The second kappa shape index (κ2) is 2.94. The number of aliphatic hydroxyl groups is 2. The van der Waals surface area contributed by atoms with Crippen molar-refractivity contribution in [2.75, 3.05) is 13.1 Å². The standard InChI is InChI=1S/C8H14FNO2/c9-5-1-2-10-4-7(11)8(12)6(10)3-5/h5-8,11-12H,1-4H2/t5-,6-,7-,8-/m1/s1. The molecule has 12 heavy (non-hydrogen) atoms. The second-order valence-corrected chi connectivity index (χ2v) is 3.74. The van der Waals surface area contributed by atoms with Gasteiger partial charge in [-0.15, -0.1) is 0 Å². The molecule has 0 unspecified atom stereocenters. The van der Waals surface area contributed by atoms with Gasteiger partial charge >= 0.3 is 0 Å². The summed E-state index contributed by atoms with van der Waals surface area (Å²) in [4.78, 5) is 1.98. The third-order valence-electron chi connectivity index (χ3n) is 2.91. The molecule has 2 aliphatic heterocycles. The van der Waals surface area contributed by atoms with Crippen LogP contribution in [0.25, 0.3) is 0 Å². The average Bonchev–Trinajstić information content (AvgIpc) is 2.31. The fourth-order valence-electron chi connectivity index (χ4n) is 2.19. The number of aliphatic hydroxyl groups excluding tert-OH is 2. The van der Waals surface area contributed by atoms with Crippen molar-refractivity contribution >= 4 is 0 Å². The summed E-state index contributed by atoms with van der Waals surface area (Å²) in [6.07, 6.45) is -1.32. The van der Waals surface area contributed by atoms with E-state index in [2.05, 4.69) is 0 Å². The van der Waals surface area contributed by atoms with E-state index in [0.717, 1.165) is 0 Å². The summed E-state index contributed by atoms with van der Waals surface area (Å²) in [7, 11) is 0. The molecule has 4 heteroatoms. The van der Waals surface area contributed by atoms with Crippen molar-refractivity contribution in [1.29, 1.82) is 0 Å². The Hall–Kier alpha value is -0.190.